The third kappa shape index (κ3) is 3.37. The van der Waals surface area contributed by atoms with E-state index in [4.69, 9.17) is 4.42 Å². The summed E-state index contributed by atoms with van der Waals surface area (Å²) in [6, 6.07) is 16.3. The first-order valence-corrected chi connectivity index (χ1v) is 9.37. The first kappa shape index (κ1) is 16.9. The lowest BCUT2D eigenvalue weighted by Gasteiger charge is -2.29. The zero-order valence-electron chi connectivity index (χ0n) is 15.1. The molecular formula is C22H24N2O2. The number of piperazine rings is 1. The van der Waals surface area contributed by atoms with E-state index >= 15 is 0 Å². The molecule has 1 aliphatic rings. The summed E-state index contributed by atoms with van der Waals surface area (Å²) in [6.45, 7) is 6.06. The fraction of sp³-hybridized carbons (Fsp3) is 0.318. The van der Waals surface area contributed by atoms with Crippen molar-refractivity contribution in [2.24, 2.45) is 0 Å². The SMILES string of the molecule is CCCc1cccc(-c2cc3ccc(N4CCNCC4)cc3oc2=O)c1. The largest absolute Gasteiger partial charge is 0.422 e. The molecule has 2 heterocycles. The molecule has 4 nitrogen and oxygen atoms in total. The first-order chi connectivity index (χ1) is 12.7. The smallest absolute Gasteiger partial charge is 0.344 e. The number of aryl methyl sites for hydroxylation is 1. The molecule has 0 aliphatic carbocycles. The number of benzene rings is 2. The van der Waals surface area contributed by atoms with Crippen LogP contribution < -0.4 is 15.8 Å². The number of fused-ring (bicyclic) bond motifs is 1. The van der Waals surface area contributed by atoms with Gasteiger partial charge in [0, 0.05) is 43.3 Å². The minimum atomic E-state index is -0.274. The molecule has 134 valence electrons. The first-order valence-electron chi connectivity index (χ1n) is 9.37. The van der Waals surface area contributed by atoms with Gasteiger partial charge < -0.3 is 14.6 Å². The average molecular weight is 348 g/mol. The maximum absolute atomic E-state index is 12.6. The highest BCUT2D eigenvalue weighted by Crippen LogP contribution is 2.26. The highest BCUT2D eigenvalue weighted by atomic mass is 16.4. The lowest BCUT2D eigenvalue weighted by molar-refractivity contribution is 0.561. The number of rotatable bonds is 4. The zero-order valence-corrected chi connectivity index (χ0v) is 15.1. The predicted molar refractivity (Wildman–Crippen MR) is 107 cm³/mol. The number of nitrogens with zero attached hydrogens (tertiary/aromatic N) is 1. The Balaban J connectivity index is 1.72. The van der Waals surface area contributed by atoms with Gasteiger partial charge in [0.15, 0.2) is 0 Å². The summed E-state index contributed by atoms with van der Waals surface area (Å²) < 4.78 is 5.68. The Bertz CT molecular complexity index is 971. The van der Waals surface area contributed by atoms with Crippen LogP contribution in [0.2, 0.25) is 0 Å². The van der Waals surface area contributed by atoms with Gasteiger partial charge in [-0.15, -0.1) is 0 Å². The van der Waals surface area contributed by atoms with Gasteiger partial charge in [-0.05, 0) is 35.7 Å². The normalized spacial score (nSPS) is 14.7. The zero-order chi connectivity index (χ0) is 17.9. The third-order valence-electron chi connectivity index (χ3n) is 4.98. The number of hydrogen-bond acceptors (Lipinski definition) is 4. The van der Waals surface area contributed by atoms with Crippen LogP contribution in [0.15, 0.2) is 57.7 Å². The molecule has 0 amide bonds. The van der Waals surface area contributed by atoms with Crippen molar-refractivity contribution in [3.8, 4) is 11.1 Å². The van der Waals surface area contributed by atoms with Gasteiger partial charge in [-0.3, -0.25) is 0 Å². The van der Waals surface area contributed by atoms with Gasteiger partial charge in [0.25, 0.3) is 0 Å². The van der Waals surface area contributed by atoms with Gasteiger partial charge in [-0.25, -0.2) is 4.79 Å². The van der Waals surface area contributed by atoms with Gasteiger partial charge in [-0.1, -0.05) is 37.6 Å². The molecule has 4 heteroatoms. The Hall–Kier alpha value is -2.59. The summed E-state index contributed by atoms with van der Waals surface area (Å²) in [5, 5.41) is 4.31. The Morgan fingerprint density at radius 1 is 1.08 bits per heavy atom. The number of hydrogen-bond donors (Lipinski definition) is 1. The van der Waals surface area contributed by atoms with E-state index in [1.54, 1.807) is 0 Å². The van der Waals surface area contributed by atoms with Crippen LogP contribution in [0.4, 0.5) is 5.69 Å². The highest BCUT2D eigenvalue weighted by Gasteiger charge is 2.13. The molecule has 3 aromatic rings. The second-order valence-electron chi connectivity index (χ2n) is 6.86. The van der Waals surface area contributed by atoms with E-state index in [1.807, 2.05) is 24.3 Å². The fourth-order valence-electron chi connectivity index (χ4n) is 3.60. The molecule has 4 rings (SSSR count). The number of anilines is 1. The fourth-order valence-corrected chi connectivity index (χ4v) is 3.60. The van der Waals surface area contributed by atoms with Crippen molar-refractivity contribution in [3.63, 3.8) is 0 Å². The summed E-state index contributed by atoms with van der Waals surface area (Å²) >= 11 is 0. The number of nitrogens with one attached hydrogen (secondary N) is 1. The topological polar surface area (TPSA) is 45.5 Å². The summed E-state index contributed by atoms with van der Waals surface area (Å²) in [5.74, 6) is 0. The van der Waals surface area contributed by atoms with Crippen molar-refractivity contribution in [1.29, 1.82) is 0 Å². The van der Waals surface area contributed by atoms with Crippen LogP contribution in [0, 0.1) is 0 Å². The van der Waals surface area contributed by atoms with Crippen LogP contribution in [0.3, 0.4) is 0 Å². The van der Waals surface area contributed by atoms with E-state index in [2.05, 4.69) is 41.4 Å². The molecule has 1 aromatic heterocycles. The van der Waals surface area contributed by atoms with Crippen LogP contribution in [0.25, 0.3) is 22.1 Å². The quantitative estimate of drug-likeness (QED) is 0.728. The maximum Gasteiger partial charge on any atom is 0.344 e. The molecule has 1 saturated heterocycles. The molecule has 1 aliphatic heterocycles. The van der Waals surface area contributed by atoms with Crippen molar-refractivity contribution in [1.82, 2.24) is 5.32 Å². The summed E-state index contributed by atoms with van der Waals surface area (Å²) in [5.41, 5.74) is 4.30. The van der Waals surface area contributed by atoms with Crippen molar-refractivity contribution >= 4 is 16.7 Å². The summed E-state index contributed by atoms with van der Waals surface area (Å²) in [7, 11) is 0. The minimum Gasteiger partial charge on any atom is -0.422 e. The molecule has 0 bridgehead atoms. The molecule has 0 saturated carbocycles. The van der Waals surface area contributed by atoms with Gasteiger partial charge in [0.05, 0.1) is 5.56 Å². The minimum absolute atomic E-state index is 0.274. The average Bonchev–Trinajstić information content (AvgIpc) is 2.68. The maximum atomic E-state index is 12.6. The van der Waals surface area contributed by atoms with E-state index in [0.29, 0.717) is 11.1 Å². The summed E-state index contributed by atoms with van der Waals surface area (Å²) in [6.07, 6.45) is 2.10. The van der Waals surface area contributed by atoms with Gasteiger partial charge in [0.2, 0.25) is 0 Å². The van der Waals surface area contributed by atoms with Crippen LogP contribution in [0.1, 0.15) is 18.9 Å². The van der Waals surface area contributed by atoms with E-state index in [9.17, 15) is 4.79 Å². The van der Waals surface area contributed by atoms with Crippen molar-refractivity contribution < 1.29 is 4.42 Å². The highest BCUT2D eigenvalue weighted by molar-refractivity contribution is 5.84. The summed E-state index contributed by atoms with van der Waals surface area (Å²) in [4.78, 5) is 14.9. The molecule has 1 fully saturated rings. The van der Waals surface area contributed by atoms with Crippen molar-refractivity contribution in [2.45, 2.75) is 19.8 Å². The molecule has 0 atom stereocenters. The molecule has 26 heavy (non-hydrogen) atoms. The lowest BCUT2D eigenvalue weighted by atomic mass is 10.0. The molecule has 0 spiro atoms. The molecule has 1 N–H and O–H groups in total. The predicted octanol–water partition coefficient (Wildman–Crippen LogP) is 3.82. The molecule has 0 radical (unpaired) electrons. The van der Waals surface area contributed by atoms with E-state index in [1.165, 1.54) is 5.56 Å². The lowest BCUT2D eigenvalue weighted by Crippen LogP contribution is -2.43. The Morgan fingerprint density at radius 3 is 2.73 bits per heavy atom. The Labute approximate surface area is 153 Å². The third-order valence-corrected chi connectivity index (χ3v) is 4.98. The Kier molecular flexibility index (Phi) is 4.76. The monoisotopic (exact) mass is 348 g/mol. The van der Waals surface area contributed by atoms with Gasteiger partial charge in [0.1, 0.15) is 5.58 Å². The van der Waals surface area contributed by atoms with Crippen LogP contribution in [0.5, 0.6) is 0 Å². The van der Waals surface area contributed by atoms with E-state index in [0.717, 1.165) is 55.7 Å². The van der Waals surface area contributed by atoms with Crippen LogP contribution >= 0.6 is 0 Å². The molecule has 0 unspecified atom stereocenters. The van der Waals surface area contributed by atoms with Crippen molar-refractivity contribution in [3.05, 3.63) is 64.5 Å². The molecule has 2 aromatic carbocycles. The van der Waals surface area contributed by atoms with E-state index < -0.39 is 0 Å². The van der Waals surface area contributed by atoms with Gasteiger partial charge in [-0.2, -0.15) is 0 Å². The van der Waals surface area contributed by atoms with Crippen molar-refractivity contribution in [2.75, 3.05) is 31.1 Å². The van der Waals surface area contributed by atoms with Crippen LogP contribution in [-0.2, 0) is 6.42 Å². The van der Waals surface area contributed by atoms with Crippen LogP contribution in [-0.4, -0.2) is 26.2 Å². The standard InChI is InChI=1S/C22H24N2O2/c1-2-4-16-5-3-6-17(13-16)20-14-18-7-8-19(15-21(18)26-22(20)25)24-11-9-23-10-12-24/h3,5-8,13-15,23H,2,4,9-12H2,1H3. The Morgan fingerprint density at radius 2 is 1.92 bits per heavy atom. The molecular weight excluding hydrogens is 324 g/mol. The second kappa shape index (κ2) is 7.34. The van der Waals surface area contributed by atoms with E-state index in [-0.39, 0.29) is 5.63 Å². The van der Waals surface area contributed by atoms with Gasteiger partial charge >= 0.3 is 5.63 Å². The second-order valence-corrected chi connectivity index (χ2v) is 6.86.